The van der Waals surface area contributed by atoms with E-state index in [4.69, 9.17) is 0 Å². The first kappa shape index (κ1) is 25.7. The van der Waals surface area contributed by atoms with Crippen LogP contribution in [0.2, 0.25) is 0 Å². The molecular weight excluding hydrogens is 412 g/mol. The van der Waals surface area contributed by atoms with Crippen molar-refractivity contribution in [1.29, 1.82) is 0 Å². The molecule has 4 aliphatic carbocycles. The van der Waals surface area contributed by atoms with E-state index < -0.39 is 23.4 Å². The number of aliphatic hydroxyl groups excluding tert-OH is 2. The highest BCUT2D eigenvalue weighted by atomic mass is 16.3. The van der Waals surface area contributed by atoms with Crippen molar-refractivity contribution < 1.29 is 20.4 Å². The number of aliphatic hydroxyl groups is 4. The summed E-state index contributed by atoms with van der Waals surface area (Å²) < 4.78 is 0. The van der Waals surface area contributed by atoms with Crippen LogP contribution in [0.4, 0.5) is 0 Å². The molecule has 190 valence electrons. The first-order valence-corrected chi connectivity index (χ1v) is 13.7. The minimum absolute atomic E-state index is 0.0504. The van der Waals surface area contributed by atoms with Crippen LogP contribution in [-0.2, 0) is 0 Å². The lowest BCUT2D eigenvalue weighted by Gasteiger charge is -2.65. The smallest absolute Gasteiger partial charge is 0.0985 e. The third kappa shape index (κ3) is 3.77. The second-order valence-corrected chi connectivity index (χ2v) is 13.7. The van der Waals surface area contributed by atoms with E-state index in [1.54, 1.807) is 0 Å². The lowest BCUT2D eigenvalue weighted by atomic mass is 9.42. The van der Waals surface area contributed by atoms with Crippen LogP contribution in [0.25, 0.3) is 0 Å². The van der Waals surface area contributed by atoms with Gasteiger partial charge in [-0.2, -0.15) is 0 Å². The zero-order chi connectivity index (χ0) is 24.6. The molecule has 4 nitrogen and oxygen atoms in total. The zero-order valence-electron chi connectivity index (χ0n) is 22.1. The largest absolute Gasteiger partial charge is 0.393 e. The molecule has 4 aliphatic rings. The van der Waals surface area contributed by atoms with Gasteiger partial charge in [0.15, 0.2) is 0 Å². The zero-order valence-corrected chi connectivity index (χ0v) is 22.1. The second-order valence-electron chi connectivity index (χ2n) is 13.7. The van der Waals surface area contributed by atoms with Gasteiger partial charge in [0.2, 0.25) is 0 Å². The standard InChI is InChI=1S/C29H50O4/c1-17(2)19(4)18(3)15-28(7,32)24-9-8-22-21-14-25(31)29(33)16-20(30)10-13-27(29,6)23(21)11-12-26(22,24)5/h9,17-23,25,30-33H,8,10-16H2,1-7H3/t18?,19?,20-,21-,22-,23-,25+,26-,27+,28+,29-/m0/s1. The van der Waals surface area contributed by atoms with E-state index in [0.29, 0.717) is 54.8 Å². The van der Waals surface area contributed by atoms with E-state index >= 15 is 0 Å². The highest BCUT2D eigenvalue weighted by Gasteiger charge is 2.67. The Kier molecular flexibility index (Phi) is 6.47. The molecule has 0 aliphatic heterocycles. The van der Waals surface area contributed by atoms with Gasteiger partial charge >= 0.3 is 0 Å². The summed E-state index contributed by atoms with van der Waals surface area (Å²) in [6.45, 7) is 15.7. The molecule has 0 radical (unpaired) electrons. The van der Waals surface area contributed by atoms with Gasteiger partial charge in [-0.05, 0) is 98.4 Å². The third-order valence-corrected chi connectivity index (χ3v) is 11.7. The van der Waals surface area contributed by atoms with E-state index in [1.165, 1.54) is 5.57 Å². The number of hydrogen-bond acceptors (Lipinski definition) is 4. The first-order chi connectivity index (χ1) is 15.2. The Labute approximate surface area is 201 Å². The van der Waals surface area contributed by atoms with Gasteiger partial charge in [0.25, 0.3) is 0 Å². The number of allylic oxidation sites excluding steroid dienone is 1. The summed E-state index contributed by atoms with van der Waals surface area (Å²) in [4.78, 5) is 0. The molecular formula is C29H50O4. The summed E-state index contributed by atoms with van der Waals surface area (Å²) in [5.41, 5.74) is -1.19. The van der Waals surface area contributed by atoms with Crippen molar-refractivity contribution in [3.05, 3.63) is 11.6 Å². The molecule has 3 fully saturated rings. The predicted molar refractivity (Wildman–Crippen MR) is 132 cm³/mol. The molecule has 0 amide bonds. The normalized spacial score (nSPS) is 48.8. The molecule has 0 spiro atoms. The molecule has 0 aromatic heterocycles. The minimum atomic E-state index is -1.19. The Balaban J connectivity index is 1.58. The summed E-state index contributed by atoms with van der Waals surface area (Å²) >= 11 is 0. The lowest BCUT2D eigenvalue weighted by Crippen LogP contribution is -2.68. The van der Waals surface area contributed by atoms with Crippen LogP contribution >= 0.6 is 0 Å². The van der Waals surface area contributed by atoms with E-state index in [0.717, 1.165) is 32.1 Å². The first-order valence-electron chi connectivity index (χ1n) is 13.7. The van der Waals surface area contributed by atoms with Gasteiger partial charge in [-0.3, -0.25) is 0 Å². The minimum Gasteiger partial charge on any atom is -0.393 e. The highest BCUT2D eigenvalue weighted by molar-refractivity contribution is 5.33. The Morgan fingerprint density at radius 1 is 1.06 bits per heavy atom. The van der Waals surface area contributed by atoms with E-state index in [-0.39, 0.29) is 10.8 Å². The molecule has 3 saturated carbocycles. The average molecular weight is 463 g/mol. The van der Waals surface area contributed by atoms with Crippen LogP contribution in [0.5, 0.6) is 0 Å². The fraction of sp³-hybridized carbons (Fsp3) is 0.931. The van der Waals surface area contributed by atoms with Gasteiger partial charge in [0.05, 0.1) is 23.4 Å². The SMILES string of the molecule is CC(C)C(C)C(C)C[C@@](C)(O)C1=CC[C@H]2[C@@H]3C[C@@H](O)[C@@]4(O)C[C@@H](O)CC[C@]4(C)[C@H]3CC[C@]12C. The van der Waals surface area contributed by atoms with Crippen LogP contribution in [0.15, 0.2) is 11.6 Å². The third-order valence-electron chi connectivity index (χ3n) is 11.7. The van der Waals surface area contributed by atoms with Crippen molar-refractivity contribution in [3.63, 3.8) is 0 Å². The summed E-state index contributed by atoms with van der Waals surface area (Å²) in [6.07, 6.45) is 7.19. The summed E-state index contributed by atoms with van der Waals surface area (Å²) in [5, 5.41) is 45.0. The number of rotatable bonds is 5. The fourth-order valence-electron chi connectivity index (χ4n) is 9.24. The maximum Gasteiger partial charge on any atom is 0.0985 e. The Hall–Kier alpha value is -0.420. The van der Waals surface area contributed by atoms with E-state index in [1.807, 2.05) is 6.92 Å². The molecule has 4 N–H and O–H groups in total. The molecule has 0 heterocycles. The van der Waals surface area contributed by atoms with Gasteiger partial charge in [0.1, 0.15) is 0 Å². The molecule has 2 unspecified atom stereocenters. The molecule has 0 saturated heterocycles. The molecule has 11 atom stereocenters. The van der Waals surface area contributed by atoms with Crippen LogP contribution in [0, 0.1) is 46.3 Å². The Morgan fingerprint density at radius 2 is 1.73 bits per heavy atom. The summed E-state index contributed by atoms with van der Waals surface area (Å²) in [7, 11) is 0. The van der Waals surface area contributed by atoms with Crippen LogP contribution < -0.4 is 0 Å². The lowest BCUT2D eigenvalue weighted by molar-refractivity contribution is -0.263. The predicted octanol–water partition coefficient (Wildman–Crippen LogP) is 5.08. The Morgan fingerprint density at radius 3 is 2.36 bits per heavy atom. The van der Waals surface area contributed by atoms with Gasteiger partial charge in [-0.15, -0.1) is 0 Å². The summed E-state index contributed by atoms with van der Waals surface area (Å²) in [5.74, 6) is 2.71. The van der Waals surface area contributed by atoms with E-state index in [9.17, 15) is 20.4 Å². The fourth-order valence-corrected chi connectivity index (χ4v) is 9.24. The van der Waals surface area contributed by atoms with Gasteiger partial charge < -0.3 is 20.4 Å². The highest BCUT2D eigenvalue weighted by Crippen LogP contribution is 2.68. The number of fused-ring (bicyclic) bond motifs is 5. The molecule has 0 bridgehead atoms. The van der Waals surface area contributed by atoms with Gasteiger partial charge in [-0.25, -0.2) is 0 Å². The molecule has 0 aromatic rings. The van der Waals surface area contributed by atoms with Gasteiger partial charge in [0, 0.05) is 11.8 Å². The maximum atomic E-state index is 11.8. The van der Waals surface area contributed by atoms with Crippen LogP contribution in [0.3, 0.4) is 0 Å². The van der Waals surface area contributed by atoms with Crippen molar-refractivity contribution in [3.8, 4) is 0 Å². The average Bonchev–Trinajstić information content (AvgIpc) is 3.08. The van der Waals surface area contributed by atoms with Crippen LogP contribution in [-0.4, -0.2) is 43.8 Å². The monoisotopic (exact) mass is 462 g/mol. The molecule has 4 rings (SSSR count). The molecule has 0 aromatic carbocycles. The summed E-state index contributed by atoms with van der Waals surface area (Å²) in [6, 6.07) is 0. The van der Waals surface area contributed by atoms with Crippen molar-refractivity contribution in [2.45, 2.75) is 123 Å². The topological polar surface area (TPSA) is 80.9 Å². The van der Waals surface area contributed by atoms with Crippen molar-refractivity contribution in [2.75, 3.05) is 0 Å². The quantitative estimate of drug-likeness (QED) is 0.430. The van der Waals surface area contributed by atoms with E-state index in [2.05, 4.69) is 47.6 Å². The molecule has 4 heteroatoms. The molecule has 33 heavy (non-hydrogen) atoms. The van der Waals surface area contributed by atoms with Crippen molar-refractivity contribution in [2.24, 2.45) is 46.3 Å². The second kappa shape index (κ2) is 8.32. The van der Waals surface area contributed by atoms with Gasteiger partial charge in [-0.1, -0.05) is 47.6 Å². The Bertz CT molecular complexity index is 774. The van der Waals surface area contributed by atoms with Crippen LogP contribution in [0.1, 0.15) is 99.8 Å². The maximum absolute atomic E-state index is 11.8. The van der Waals surface area contributed by atoms with Crippen molar-refractivity contribution >= 4 is 0 Å². The van der Waals surface area contributed by atoms with Crippen molar-refractivity contribution in [1.82, 2.24) is 0 Å². The number of hydrogen-bond donors (Lipinski definition) is 4.